The van der Waals surface area contributed by atoms with Crippen LogP contribution in [0.2, 0.25) is 0 Å². The van der Waals surface area contributed by atoms with E-state index in [4.69, 9.17) is 5.11 Å². The van der Waals surface area contributed by atoms with Crippen LogP contribution in [0.25, 0.3) is 0 Å². The molecule has 0 bridgehead atoms. The van der Waals surface area contributed by atoms with Crippen LogP contribution in [0.15, 0.2) is 24.3 Å². The Morgan fingerprint density at radius 1 is 1.28 bits per heavy atom. The molecule has 1 amide bonds. The SMILES string of the molecule is CCc1ccc(CCC(=O)NCC(C)CO)cc1. The molecular weight excluding hydrogens is 226 g/mol. The van der Waals surface area contributed by atoms with Crippen molar-refractivity contribution in [3.63, 3.8) is 0 Å². The van der Waals surface area contributed by atoms with Gasteiger partial charge in [-0.3, -0.25) is 4.79 Å². The topological polar surface area (TPSA) is 49.3 Å². The number of aliphatic hydroxyl groups excluding tert-OH is 1. The second kappa shape index (κ2) is 7.88. The number of carbonyl (C=O) groups is 1. The van der Waals surface area contributed by atoms with Gasteiger partial charge in [-0.15, -0.1) is 0 Å². The molecule has 0 aliphatic heterocycles. The van der Waals surface area contributed by atoms with E-state index in [1.807, 2.05) is 6.92 Å². The molecule has 0 saturated carbocycles. The summed E-state index contributed by atoms with van der Waals surface area (Å²) in [6, 6.07) is 8.40. The van der Waals surface area contributed by atoms with E-state index in [2.05, 4.69) is 36.5 Å². The molecule has 0 fully saturated rings. The van der Waals surface area contributed by atoms with Crippen molar-refractivity contribution in [3.8, 4) is 0 Å². The van der Waals surface area contributed by atoms with Gasteiger partial charge in [0.1, 0.15) is 0 Å². The highest BCUT2D eigenvalue weighted by molar-refractivity contribution is 5.76. The lowest BCUT2D eigenvalue weighted by Crippen LogP contribution is -2.29. The highest BCUT2D eigenvalue weighted by Gasteiger charge is 2.05. The van der Waals surface area contributed by atoms with E-state index in [0.29, 0.717) is 13.0 Å². The molecule has 1 atom stereocenters. The van der Waals surface area contributed by atoms with Crippen molar-refractivity contribution in [1.29, 1.82) is 0 Å². The predicted octanol–water partition coefficient (Wildman–Crippen LogP) is 1.93. The van der Waals surface area contributed by atoms with Crippen molar-refractivity contribution in [2.45, 2.75) is 33.1 Å². The third-order valence-electron chi connectivity index (χ3n) is 3.03. The van der Waals surface area contributed by atoms with E-state index in [0.717, 1.165) is 12.8 Å². The molecule has 1 rings (SSSR count). The van der Waals surface area contributed by atoms with Gasteiger partial charge in [-0.1, -0.05) is 38.1 Å². The average molecular weight is 249 g/mol. The van der Waals surface area contributed by atoms with Crippen LogP contribution in [-0.4, -0.2) is 24.2 Å². The predicted molar refractivity (Wildman–Crippen MR) is 73.4 cm³/mol. The second-order valence-corrected chi connectivity index (χ2v) is 4.76. The minimum absolute atomic E-state index is 0.0508. The maximum atomic E-state index is 11.6. The van der Waals surface area contributed by atoms with Gasteiger partial charge in [0.05, 0.1) is 0 Å². The molecule has 0 radical (unpaired) electrons. The first-order chi connectivity index (χ1) is 8.65. The Hall–Kier alpha value is -1.35. The summed E-state index contributed by atoms with van der Waals surface area (Å²) >= 11 is 0. The first-order valence-electron chi connectivity index (χ1n) is 6.61. The molecule has 0 aromatic heterocycles. The zero-order valence-electron chi connectivity index (χ0n) is 11.3. The molecular formula is C15H23NO2. The summed E-state index contributed by atoms with van der Waals surface area (Å²) in [7, 11) is 0. The van der Waals surface area contributed by atoms with Gasteiger partial charge in [0.2, 0.25) is 5.91 Å². The van der Waals surface area contributed by atoms with Crippen LogP contribution >= 0.6 is 0 Å². The molecule has 0 saturated heterocycles. The Bertz CT molecular complexity index is 359. The van der Waals surface area contributed by atoms with Crippen LogP contribution in [-0.2, 0) is 17.6 Å². The molecule has 1 unspecified atom stereocenters. The number of hydrogen-bond donors (Lipinski definition) is 2. The first kappa shape index (κ1) is 14.7. The van der Waals surface area contributed by atoms with E-state index in [1.54, 1.807) is 0 Å². The molecule has 0 aliphatic carbocycles. The van der Waals surface area contributed by atoms with Gasteiger partial charge in [-0.05, 0) is 29.9 Å². The van der Waals surface area contributed by atoms with Crippen LogP contribution in [0, 0.1) is 5.92 Å². The fourth-order valence-corrected chi connectivity index (χ4v) is 1.64. The summed E-state index contributed by atoms with van der Waals surface area (Å²) in [6.07, 6.45) is 2.31. The van der Waals surface area contributed by atoms with E-state index in [-0.39, 0.29) is 18.4 Å². The average Bonchev–Trinajstić information content (AvgIpc) is 2.42. The van der Waals surface area contributed by atoms with E-state index < -0.39 is 0 Å². The molecule has 2 N–H and O–H groups in total. The van der Waals surface area contributed by atoms with E-state index in [9.17, 15) is 4.79 Å². The van der Waals surface area contributed by atoms with Crippen LogP contribution in [0.4, 0.5) is 0 Å². The van der Waals surface area contributed by atoms with Crippen molar-refractivity contribution >= 4 is 5.91 Å². The molecule has 0 aliphatic rings. The summed E-state index contributed by atoms with van der Waals surface area (Å²) in [4.78, 5) is 11.6. The Balaban J connectivity index is 2.29. The van der Waals surface area contributed by atoms with Crippen LogP contribution < -0.4 is 5.32 Å². The maximum Gasteiger partial charge on any atom is 0.220 e. The van der Waals surface area contributed by atoms with E-state index in [1.165, 1.54) is 11.1 Å². The standard InChI is InChI=1S/C15H23NO2/c1-3-13-4-6-14(7-5-13)8-9-15(18)16-10-12(2)11-17/h4-7,12,17H,3,8-11H2,1-2H3,(H,16,18). The summed E-state index contributed by atoms with van der Waals surface area (Å²) in [5, 5.41) is 11.7. The van der Waals surface area contributed by atoms with Crippen molar-refractivity contribution in [3.05, 3.63) is 35.4 Å². The zero-order valence-corrected chi connectivity index (χ0v) is 11.3. The summed E-state index contributed by atoms with van der Waals surface area (Å²) in [5.74, 6) is 0.174. The van der Waals surface area contributed by atoms with Crippen LogP contribution in [0.5, 0.6) is 0 Å². The largest absolute Gasteiger partial charge is 0.396 e. The number of hydrogen-bond acceptors (Lipinski definition) is 2. The highest BCUT2D eigenvalue weighted by Crippen LogP contribution is 2.07. The van der Waals surface area contributed by atoms with Crippen molar-refractivity contribution in [2.75, 3.05) is 13.2 Å². The third kappa shape index (κ3) is 5.32. The van der Waals surface area contributed by atoms with Crippen molar-refractivity contribution in [2.24, 2.45) is 5.92 Å². The Morgan fingerprint density at radius 2 is 1.89 bits per heavy atom. The molecule has 0 spiro atoms. The lowest BCUT2D eigenvalue weighted by atomic mass is 10.1. The Labute approximate surface area is 109 Å². The second-order valence-electron chi connectivity index (χ2n) is 4.76. The molecule has 0 heterocycles. The Morgan fingerprint density at radius 3 is 2.44 bits per heavy atom. The number of amides is 1. The lowest BCUT2D eigenvalue weighted by Gasteiger charge is -2.09. The van der Waals surface area contributed by atoms with Gasteiger partial charge < -0.3 is 10.4 Å². The summed E-state index contributed by atoms with van der Waals surface area (Å²) < 4.78 is 0. The number of nitrogens with one attached hydrogen (secondary N) is 1. The molecule has 100 valence electrons. The van der Waals surface area contributed by atoms with Gasteiger partial charge >= 0.3 is 0 Å². The number of carbonyl (C=O) groups excluding carboxylic acids is 1. The van der Waals surface area contributed by atoms with Gasteiger partial charge in [-0.2, -0.15) is 0 Å². The smallest absolute Gasteiger partial charge is 0.220 e. The maximum absolute atomic E-state index is 11.6. The molecule has 3 nitrogen and oxygen atoms in total. The highest BCUT2D eigenvalue weighted by atomic mass is 16.3. The molecule has 1 aromatic carbocycles. The molecule has 18 heavy (non-hydrogen) atoms. The Kier molecular flexibility index (Phi) is 6.44. The minimum Gasteiger partial charge on any atom is -0.396 e. The van der Waals surface area contributed by atoms with Gasteiger partial charge in [-0.25, -0.2) is 0 Å². The minimum atomic E-state index is 0.0508. The fourth-order valence-electron chi connectivity index (χ4n) is 1.64. The molecule has 1 aromatic rings. The number of aryl methyl sites for hydroxylation is 2. The van der Waals surface area contributed by atoms with E-state index >= 15 is 0 Å². The number of aliphatic hydroxyl groups is 1. The van der Waals surface area contributed by atoms with Gasteiger partial charge in [0.25, 0.3) is 0 Å². The van der Waals surface area contributed by atoms with Gasteiger partial charge in [0, 0.05) is 19.6 Å². The normalized spacial score (nSPS) is 12.2. The van der Waals surface area contributed by atoms with Crippen LogP contribution in [0.3, 0.4) is 0 Å². The first-order valence-corrected chi connectivity index (χ1v) is 6.61. The number of benzene rings is 1. The lowest BCUT2D eigenvalue weighted by molar-refractivity contribution is -0.121. The van der Waals surface area contributed by atoms with Crippen molar-refractivity contribution in [1.82, 2.24) is 5.32 Å². The zero-order chi connectivity index (χ0) is 13.4. The quantitative estimate of drug-likeness (QED) is 0.775. The summed E-state index contributed by atoms with van der Waals surface area (Å²) in [6.45, 7) is 4.69. The third-order valence-corrected chi connectivity index (χ3v) is 3.03. The fraction of sp³-hybridized carbons (Fsp3) is 0.533. The van der Waals surface area contributed by atoms with Crippen molar-refractivity contribution < 1.29 is 9.90 Å². The number of rotatable bonds is 7. The summed E-state index contributed by atoms with van der Waals surface area (Å²) in [5.41, 5.74) is 2.51. The molecule has 3 heteroatoms. The van der Waals surface area contributed by atoms with Crippen LogP contribution in [0.1, 0.15) is 31.4 Å². The van der Waals surface area contributed by atoms with Gasteiger partial charge in [0.15, 0.2) is 0 Å². The monoisotopic (exact) mass is 249 g/mol.